The highest BCUT2D eigenvalue weighted by Crippen LogP contribution is 2.57. The van der Waals surface area contributed by atoms with Crippen molar-refractivity contribution in [1.82, 2.24) is 9.97 Å². The van der Waals surface area contributed by atoms with Crippen LogP contribution in [0.2, 0.25) is 5.02 Å². The molecule has 0 bridgehead atoms. The summed E-state index contributed by atoms with van der Waals surface area (Å²) in [4.78, 5) is 14.6. The summed E-state index contributed by atoms with van der Waals surface area (Å²) in [5, 5.41) is 12.5. The Hall–Kier alpha value is -2.02. The van der Waals surface area contributed by atoms with E-state index in [1.807, 2.05) is 18.2 Å². The topological polar surface area (TPSA) is 84.4 Å². The van der Waals surface area contributed by atoms with Crippen LogP contribution in [0.5, 0.6) is 0 Å². The maximum Gasteiger partial charge on any atom is 0.132 e. The number of halogens is 1. The van der Waals surface area contributed by atoms with E-state index in [1.165, 1.54) is 11.3 Å². The molecule has 0 saturated heterocycles. The van der Waals surface area contributed by atoms with Gasteiger partial charge in [-0.1, -0.05) is 25.4 Å². The molecule has 0 amide bonds. The summed E-state index contributed by atoms with van der Waals surface area (Å²) in [7, 11) is 1.69. The lowest BCUT2D eigenvalue weighted by atomic mass is 9.61. The normalized spacial score (nSPS) is 18.1. The van der Waals surface area contributed by atoms with Gasteiger partial charge in [0.15, 0.2) is 0 Å². The summed E-state index contributed by atoms with van der Waals surface area (Å²) in [5.41, 5.74) is 7.58. The number of hydrogen-bond donors (Lipinski definition) is 2. The summed E-state index contributed by atoms with van der Waals surface area (Å²) in [6.07, 6.45) is 4.80. The van der Waals surface area contributed by atoms with Crippen molar-refractivity contribution in [3.8, 4) is 11.3 Å². The lowest BCUT2D eigenvalue weighted by Crippen LogP contribution is -2.46. The van der Waals surface area contributed by atoms with Crippen LogP contribution in [0.15, 0.2) is 29.4 Å². The fraction of sp³-hybridized carbons (Fsp3) is 0.350. The average molecular weight is 401 g/mol. The van der Waals surface area contributed by atoms with Crippen LogP contribution in [0.4, 0.5) is 5.82 Å². The Balaban J connectivity index is 1.77. The number of aliphatic hydroxyl groups is 1. The molecule has 0 radical (unpaired) electrons. The molecule has 4 rings (SSSR count). The highest BCUT2D eigenvalue weighted by Gasteiger charge is 2.51. The third-order valence-corrected chi connectivity index (χ3v) is 6.77. The molecule has 5 nitrogen and oxygen atoms in total. The van der Waals surface area contributed by atoms with E-state index in [2.05, 4.69) is 23.8 Å². The first-order valence-electron chi connectivity index (χ1n) is 8.72. The minimum absolute atomic E-state index is 0.139. The Kier molecular flexibility index (Phi) is 4.25. The zero-order valence-electron chi connectivity index (χ0n) is 15.5. The van der Waals surface area contributed by atoms with Crippen molar-refractivity contribution in [3.05, 3.63) is 39.9 Å². The number of nitrogens with two attached hydrogens (primary N) is 1. The predicted octanol–water partition coefficient (Wildman–Crippen LogP) is 4.65. The maximum atomic E-state index is 11.0. The number of aliphatic imine (C=N–C) groups is 1. The van der Waals surface area contributed by atoms with Gasteiger partial charge >= 0.3 is 0 Å². The van der Waals surface area contributed by atoms with Gasteiger partial charge in [-0.25, -0.2) is 9.97 Å². The highest BCUT2D eigenvalue weighted by atomic mass is 35.5. The summed E-state index contributed by atoms with van der Waals surface area (Å²) < 4.78 is 0. The summed E-state index contributed by atoms with van der Waals surface area (Å²) in [5.74, 6) is 0.432. The van der Waals surface area contributed by atoms with Crippen LogP contribution in [0.1, 0.15) is 37.1 Å². The van der Waals surface area contributed by atoms with Gasteiger partial charge in [-0.05, 0) is 36.5 Å². The van der Waals surface area contributed by atoms with Crippen LogP contribution in [0.3, 0.4) is 0 Å². The molecule has 3 aromatic rings. The molecule has 140 valence electrons. The van der Waals surface area contributed by atoms with Crippen LogP contribution in [-0.4, -0.2) is 28.3 Å². The van der Waals surface area contributed by atoms with E-state index in [-0.39, 0.29) is 5.41 Å². The Morgan fingerprint density at radius 2 is 2.07 bits per heavy atom. The Morgan fingerprint density at radius 1 is 1.33 bits per heavy atom. The van der Waals surface area contributed by atoms with Crippen molar-refractivity contribution in [2.45, 2.75) is 32.3 Å². The number of nitrogens with zero attached hydrogens (tertiary/aromatic N) is 3. The molecule has 27 heavy (non-hydrogen) atoms. The van der Waals surface area contributed by atoms with E-state index in [4.69, 9.17) is 22.3 Å². The van der Waals surface area contributed by atoms with Crippen molar-refractivity contribution >= 4 is 45.2 Å². The number of thiophene rings is 1. The van der Waals surface area contributed by atoms with E-state index in [0.29, 0.717) is 23.7 Å². The van der Waals surface area contributed by atoms with Crippen LogP contribution in [-0.2, 0) is 5.60 Å². The van der Waals surface area contributed by atoms with E-state index in [9.17, 15) is 5.11 Å². The van der Waals surface area contributed by atoms with Crippen molar-refractivity contribution in [2.24, 2.45) is 10.4 Å². The molecule has 3 aromatic heterocycles. The smallest absolute Gasteiger partial charge is 0.132 e. The third-order valence-electron chi connectivity index (χ3n) is 4.97. The summed E-state index contributed by atoms with van der Waals surface area (Å²) >= 11 is 8.07. The highest BCUT2D eigenvalue weighted by molar-refractivity contribution is 7.19. The molecule has 0 atom stereocenters. The standard InChI is InChI=1S/C20H21ClN4OS/c1-19(2)9-20(26,10-19)16-15(21)13-4-5-14(25-18(13)27-16)11-6-12(7-23-3)17(22)24-8-11/h4-8,26H,9-10H2,1-3H3,(H2,22,24). The van der Waals surface area contributed by atoms with Gasteiger partial charge in [-0.2, -0.15) is 0 Å². The van der Waals surface area contributed by atoms with Crippen LogP contribution in [0, 0.1) is 5.41 Å². The van der Waals surface area contributed by atoms with Crippen molar-refractivity contribution in [1.29, 1.82) is 0 Å². The first-order valence-corrected chi connectivity index (χ1v) is 9.92. The fourth-order valence-corrected chi connectivity index (χ4v) is 5.63. The van der Waals surface area contributed by atoms with Crippen molar-refractivity contribution in [3.63, 3.8) is 0 Å². The zero-order chi connectivity index (χ0) is 19.4. The molecule has 0 spiro atoms. The van der Waals surface area contributed by atoms with Crippen molar-refractivity contribution in [2.75, 3.05) is 12.8 Å². The molecule has 3 N–H and O–H groups in total. The minimum atomic E-state index is -0.848. The second-order valence-corrected chi connectivity index (χ2v) is 9.31. The number of aromatic nitrogens is 2. The second-order valence-electron chi connectivity index (χ2n) is 7.93. The molecular weight excluding hydrogens is 380 g/mol. The maximum absolute atomic E-state index is 11.0. The van der Waals surface area contributed by atoms with E-state index < -0.39 is 5.60 Å². The van der Waals surface area contributed by atoms with Crippen LogP contribution >= 0.6 is 22.9 Å². The average Bonchev–Trinajstić information content (AvgIpc) is 2.92. The van der Waals surface area contributed by atoms with Crippen molar-refractivity contribution < 1.29 is 5.11 Å². The van der Waals surface area contributed by atoms with E-state index >= 15 is 0 Å². The zero-order valence-corrected chi connectivity index (χ0v) is 17.0. The van der Waals surface area contributed by atoms with Gasteiger partial charge in [0.2, 0.25) is 0 Å². The number of nitrogen functional groups attached to an aromatic ring is 1. The molecule has 3 heterocycles. The first kappa shape index (κ1) is 18.3. The van der Waals surface area contributed by atoms with Gasteiger partial charge in [0.05, 0.1) is 15.6 Å². The van der Waals surface area contributed by atoms with Crippen LogP contribution in [0.25, 0.3) is 21.5 Å². The lowest BCUT2D eigenvalue weighted by Gasteiger charge is -2.49. The summed E-state index contributed by atoms with van der Waals surface area (Å²) in [6, 6.07) is 5.79. The summed E-state index contributed by atoms with van der Waals surface area (Å²) in [6.45, 7) is 4.31. The molecular formula is C20H21ClN4OS. The van der Waals surface area contributed by atoms with Gasteiger partial charge in [-0.15, -0.1) is 11.3 Å². The number of pyridine rings is 2. The molecule has 1 fully saturated rings. The number of rotatable bonds is 3. The quantitative estimate of drug-likeness (QED) is 0.626. The molecule has 1 saturated carbocycles. The van der Waals surface area contributed by atoms with E-state index in [0.717, 1.165) is 31.9 Å². The minimum Gasteiger partial charge on any atom is -0.384 e. The third kappa shape index (κ3) is 3.12. The Morgan fingerprint density at radius 3 is 2.74 bits per heavy atom. The molecule has 1 aliphatic carbocycles. The van der Waals surface area contributed by atoms with Gasteiger partial charge in [0, 0.05) is 36.0 Å². The first-order chi connectivity index (χ1) is 12.7. The molecule has 7 heteroatoms. The number of hydrogen-bond acceptors (Lipinski definition) is 6. The number of fused-ring (bicyclic) bond motifs is 1. The molecule has 0 aromatic carbocycles. The van der Waals surface area contributed by atoms with Gasteiger partial charge in [0.25, 0.3) is 0 Å². The molecule has 1 aliphatic rings. The van der Waals surface area contributed by atoms with Crippen LogP contribution < -0.4 is 5.73 Å². The van der Waals surface area contributed by atoms with Gasteiger partial charge in [0.1, 0.15) is 16.2 Å². The molecule has 0 aliphatic heterocycles. The predicted molar refractivity (Wildman–Crippen MR) is 113 cm³/mol. The van der Waals surface area contributed by atoms with Gasteiger partial charge < -0.3 is 10.8 Å². The molecule has 0 unspecified atom stereocenters. The Bertz CT molecular complexity index is 1070. The largest absolute Gasteiger partial charge is 0.384 e. The second kappa shape index (κ2) is 6.26. The monoisotopic (exact) mass is 400 g/mol. The number of anilines is 1. The SMILES string of the molecule is CN=Cc1cc(-c2ccc3c(Cl)c(C4(O)CC(C)(C)C4)sc3n2)cnc1N. The Labute approximate surface area is 166 Å². The van der Waals surface area contributed by atoms with E-state index in [1.54, 1.807) is 19.5 Å². The fourth-order valence-electron chi connectivity index (χ4n) is 3.98. The van der Waals surface area contributed by atoms with Gasteiger partial charge in [-0.3, -0.25) is 4.99 Å². The lowest BCUT2D eigenvalue weighted by molar-refractivity contribution is -0.116.